The number of rotatable bonds is 3. The zero-order valence-corrected chi connectivity index (χ0v) is 11.3. The van der Waals surface area contributed by atoms with Gasteiger partial charge in [0.15, 0.2) is 11.5 Å². The average Bonchev–Trinajstić information content (AvgIpc) is 3.05. The van der Waals surface area contributed by atoms with Crippen LogP contribution in [0.1, 0.15) is 12.0 Å². The second-order valence-corrected chi connectivity index (χ2v) is 5.23. The molecule has 1 fully saturated rings. The maximum Gasteiger partial charge on any atom is 0.239 e. The van der Waals surface area contributed by atoms with Crippen molar-refractivity contribution in [2.24, 2.45) is 0 Å². The molecule has 3 rings (SSSR count). The van der Waals surface area contributed by atoms with Crippen molar-refractivity contribution in [3.63, 3.8) is 0 Å². The molecule has 0 spiro atoms. The number of ether oxygens (including phenoxy) is 2. The zero-order valence-electron chi connectivity index (χ0n) is 11.3. The molecule has 108 valence electrons. The van der Waals surface area contributed by atoms with Crippen LogP contribution in [0, 0.1) is 0 Å². The van der Waals surface area contributed by atoms with Gasteiger partial charge in [0, 0.05) is 20.1 Å². The molecule has 1 aromatic carbocycles. The summed E-state index contributed by atoms with van der Waals surface area (Å²) in [7, 11) is 1.76. The molecule has 0 aromatic heterocycles. The van der Waals surface area contributed by atoms with E-state index in [1.54, 1.807) is 11.9 Å². The summed E-state index contributed by atoms with van der Waals surface area (Å²) in [5.41, 5.74) is 0.989. The fraction of sp³-hybridized carbons (Fsp3) is 0.500. The third-order valence-electron chi connectivity index (χ3n) is 3.64. The van der Waals surface area contributed by atoms with Crippen LogP contribution in [0.25, 0.3) is 0 Å². The van der Waals surface area contributed by atoms with Gasteiger partial charge < -0.3 is 24.8 Å². The molecule has 0 saturated carbocycles. The monoisotopic (exact) mass is 278 g/mol. The minimum Gasteiger partial charge on any atom is -0.454 e. The van der Waals surface area contributed by atoms with Crippen LogP contribution in [0.4, 0.5) is 0 Å². The number of carbonyl (C=O) groups excluding carboxylic acids is 1. The number of fused-ring (bicyclic) bond motifs is 1. The lowest BCUT2D eigenvalue weighted by Gasteiger charge is -2.21. The quantitative estimate of drug-likeness (QED) is 0.820. The van der Waals surface area contributed by atoms with Crippen LogP contribution in [0.2, 0.25) is 0 Å². The van der Waals surface area contributed by atoms with E-state index < -0.39 is 6.10 Å². The van der Waals surface area contributed by atoms with E-state index in [1.807, 2.05) is 18.2 Å². The maximum absolute atomic E-state index is 12.2. The fourth-order valence-electron chi connectivity index (χ4n) is 2.56. The minimum atomic E-state index is -0.428. The number of hydrogen-bond donors (Lipinski definition) is 2. The van der Waals surface area contributed by atoms with E-state index in [-0.39, 0.29) is 18.7 Å². The number of nitrogens with one attached hydrogen (secondary N) is 1. The molecule has 2 aliphatic heterocycles. The van der Waals surface area contributed by atoms with Crippen LogP contribution in [0.5, 0.6) is 11.5 Å². The number of carbonyl (C=O) groups is 1. The van der Waals surface area contributed by atoms with Crippen molar-refractivity contribution in [3.8, 4) is 11.5 Å². The lowest BCUT2D eigenvalue weighted by molar-refractivity contribution is -0.132. The van der Waals surface area contributed by atoms with Crippen molar-refractivity contribution >= 4 is 5.91 Å². The molecule has 2 aliphatic rings. The third-order valence-corrected chi connectivity index (χ3v) is 3.64. The third kappa shape index (κ3) is 2.57. The summed E-state index contributed by atoms with van der Waals surface area (Å²) < 4.78 is 10.6. The zero-order chi connectivity index (χ0) is 14.1. The lowest BCUT2D eigenvalue weighted by Crippen LogP contribution is -2.41. The van der Waals surface area contributed by atoms with Crippen LogP contribution in [0.15, 0.2) is 18.2 Å². The van der Waals surface area contributed by atoms with Gasteiger partial charge in [-0.1, -0.05) is 6.07 Å². The van der Waals surface area contributed by atoms with E-state index in [1.165, 1.54) is 0 Å². The van der Waals surface area contributed by atoms with Crippen LogP contribution in [-0.4, -0.2) is 48.4 Å². The SMILES string of the molecule is CN(Cc1ccc2c(c1)OCO2)C(=O)[C@H]1C[C@@H](O)CN1. The number of hydrogen-bond acceptors (Lipinski definition) is 5. The van der Waals surface area contributed by atoms with Gasteiger partial charge in [0.05, 0.1) is 12.1 Å². The molecule has 1 saturated heterocycles. The van der Waals surface area contributed by atoms with Gasteiger partial charge in [-0.05, 0) is 24.1 Å². The first-order valence-corrected chi connectivity index (χ1v) is 6.68. The molecule has 0 aliphatic carbocycles. The summed E-state index contributed by atoms with van der Waals surface area (Å²) in [5.74, 6) is 1.46. The Labute approximate surface area is 117 Å². The molecule has 20 heavy (non-hydrogen) atoms. The standard InChI is InChI=1S/C14H18N2O4/c1-16(14(18)11-5-10(17)6-15-11)7-9-2-3-12-13(4-9)20-8-19-12/h2-4,10-11,15,17H,5-8H2,1H3/t10-,11-/m1/s1. The number of aliphatic hydroxyl groups excluding tert-OH is 1. The Kier molecular flexibility index (Phi) is 3.50. The molecule has 6 nitrogen and oxygen atoms in total. The van der Waals surface area contributed by atoms with Crippen LogP contribution < -0.4 is 14.8 Å². The Hall–Kier alpha value is -1.79. The van der Waals surface area contributed by atoms with E-state index in [9.17, 15) is 9.90 Å². The van der Waals surface area contributed by atoms with E-state index in [2.05, 4.69) is 5.32 Å². The molecule has 0 bridgehead atoms. The molecule has 6 heteroatoms. The topological polar surface area (TPSA) is 71.0 Å². The molecule has 1 aromatic rings. The Balaban J connectivity index is 1.63. The number of likely N-dealkylation sites (N-methyl/N-ethyl adjacent to an activating group) is 1. The summed E-state index contributed by atoms with van der Waals surface area (Å²) >= 11 is 0. The molecule has 0 radical (unpaired) electrons. The smallest absolute Gasteiger partial charge is 0.239 e. The Morgan fingerprint density at radius 3 is 3.00 bits per heavy atom. The van der Waals surface area contributed by atoms with Crippen molar-refractivity contribution in [2.75, 3.05) is 20.4 Å². The van der Waals surface area contributed by atoms with Crippen molar-refractivity contribution in [3.05, 3.63) is 23.8 Å². The average molecular weight is 278 g/mol. The molecule has 1 amide bonds. The van der Waals surface area contributed by atoms with E-state index >= 15 is 0 Å². The predicted octanol–water partition coefficient (Wildman–Crippen LogP) is 0.0965. The van der Waals surface area contributed by atoms with Crippen molar-refractivity contribution in [2.45, 2.75) is 25.1 Å². The summed E-state index contributed by atoms with van der Waals surface area (Å²) in [6, 6.07) is 5.38. The van der Waals surface area contributed by atoms with Gasteiger partial charge >= 0.3 is 0 Å². The largest absolute Gasteiger partial charge is 0.454 e. The second-order valence-electron chi connectivity index (χ2n) is 5.23. The van der Waals surface area contributed by atoms with E-state index in [0.717, 1.165) is 17.1 Å². The molecular weight excluding hydrogens is 260 g/mol. The van der Waals surface area contributed by atoms with Crippen molar-refractivity contribution in [1.82, 2.24) is 10.2 Å². The highest BCUT2D eigenvalue weighted by molar-refractivity contribution is 5.82. The summed E-state index contributed by atoms with van der Waals surface area (Å²) in [5, 5.41) is 12.5. The van der Waals surface area contributed by atoms with Crippen LogP contribution in [-0.2, 0) is 11.3 Å². The summed E-state index contributed by atoms with van der Waals surface area (Å²) in [6.07, 6.45) is 0.0486. The predicted molar refractivity (Wildman–Crippen MR) is 71.5 cm³/mol. The number of nitrogens with zero attached hydrogens (tertiary/aromatic N) is 1. The maximum atomic E-state index is 12.2. The molecule has 2 N–H and O–H groups in total. The van der Waals surface area contributed by atoms with Gasteiger partial charge in [0.25, 0.3) is 0 Å². The van der Waals surface area contributed by atoms with Crippen molar-refractivity contribution in [1.29, 1.82) is 0 Å². The lowest BCUT2D eigenvalue weighted by atomic mass is 10.1. The molecule has 2 heterocycles. The first-order chi connectivity index (χ1) is 9.63. The highest BCUT2D eigenvalue weighted by Crippen LogP contribution is 2.32. The first-order valence-electron chi connectivity index (χ1n) is 6.68. The number of aliphatic hydroxyl groups is 1. The Bertz CT molecular complexity index is 520. The van der Waals surface area contributed by atoms with Gasteiger partial charge in [-0.3, -0.25) is 4.79 Å². The van der Waals surface area contributed by atoms with E-state index in [0.29, 0.717) is 19.5 Å². The van der Waals surface area contributed by atoms with Gasteiger partial charge in [-0.15, -0.1) is 0 Å². The summed E-state index contributed by atoms with van der Waals surface area (Å²) in [6.45, 7) is 1.23. The Morgan fingerprint density at radius 2 is 2.25 bits per heavy atom. The number of β-amino-alcohol motifs (C(OH)–C–C–N with tert-alkyl or cyclic N) is 1. The number of amides is 1. The molecule has 0 unspecified atom stereocenters. The Morgan fingerprint density at radius 1 is 1.45 bits per heavy atom. The molecular formula is C14H18N2O4. The minimum absolute atomic E-state index is 0.000725. The normalized spacial score (nSPS) is 23.9. The number of benzene rings is 1. The summed E-state index contributed by atoms with van der Waals surface area (Å²) in [4.78, 5) is 13.9. The van der Waals surface area contributed by atoms with Crippen LogP contribution in [0.3, 0.4) is 0 Å². The van der Waals surface area contributed by atoms with Gasteiger partial charge in [0.1, 0.15) is 0 Å². The highest BCUT2D eigenvalue weighted by Gasteiger charge is 2.30. The first kappa shape index (κ1) is 13.2. The van der Waals surface area contributed by atoms with E-state index in [4.69, 9.17) is 9.47 Å². The fourth-order valence-corrected chi connectivity index (χ4v) is 2.56. The second kappa shape index (κ2) is 5.30. The highest BCUT2D eigenvalue weighted by atomic mass is 16.7. The van der Waals surface area contributed by atoms with Gasteiger partial charge in [0.2, 0.25) is 12.7 Å². The van der Waals surface area contributed by atoms with Crippen molar-refractivity contribution < 1.29 is 19.4 Å². The van der Waals surface area contributed by atoms with Gasteiger partial charge in [-0.2, -0.15) is 0 Å². The van der Waals surface area contributed by atoms with Gasteiger partial charge in [-0.25, -0.2) is 0 Å². The molecule has 2 atom stereocenters. The van der Waals surface area contributed by atoms with Crippen LogP contribution >= 0.6 is 0 Å².